The van der Waals surface area contributed by atoms with Crippen molar-refractivity contribution in [2.24, 2.45) is 5.41 Å². The number of benzene rings is 3. The van der Waals surface area contributed by atoms with E-state index >= 15 is 0 Å². The maximum Gasteiger partial charge on any atom is 0.416 e. The molecule has 12 heteroatoms. The van der Waals surface area contributed by atoms with E-state index in [0.29, 0.717) is 17.2 Å². The summed E-state index contributed by atoms with van der Waals surface area (Å²) in [6.45, 7) is 2.54. The minimum Gasteiger partial charge on any atom is -0.486 e. The van der Waals surface area contributed by atoms with Crippen molar-refractivity contribution < 1.29 is 40.6 Å². The quantitative estimate of drug-likeness (QED) is 0.336. The predicted octanol–water partition coefficient (Wildman–Crippen LogP) is 6.62. The molecule has 0 saturated heterocycles. The Morgan fingerprint density at radius 1 is 1.08 bits per heavy atom. The van der Waals surface area contributed by atoms with Gasteiger partial charge in [-0.2, -0.15) is 13.2 Å². The van der Waals surface area contributed by atoms with E-state index in [1.165, 1.54) is 38.1 Å². The van der Waals surface area contributed by atoms with Crippen molar-refractivity contribution in [1.29, 1.82) is 0 Å². The first kappa shape index (κ1) is 27.7. The minimum absolute atomic E-state index is 0.00433. The van der Waals surface area contributed by atoms with Gasteiger partial charge in [0.2, 0.25) is 0 Å². The molecule has 4 rings (SSSR count). The number of hydrogen-bond acceptors (Lipinski definition) is 4. The first-order valence-corrected chi connectivity index (χ1v) is 13.1. The lowest BCUT2D eigenvalue weighted by Gasteiger charge is -2.38. The van der Waals surface area contributed by atoms with E-state index in [1.54, 1.807) is 6.07 Å². The molecule has 0 aliphatic carbocycles. The molecule has 0 fully saturated rings. The molecule has 3 aromatic carbocycles. The summed E-state index contributed by atoms with van der Waals surface area (Å²) in [7, 11) is -4.58. The first-order valence-electron chi connectivity index (χ1n) is 11.3. The van der Waals surface area contributed by atoms with Gasteiger partial charge in [-0.05, 0) is 73.5 Å². The second-order valence-corrected chi connectivity index (χ2v) is 11.8. The lowest BCUT2D eigenvalue weighted by molar-refractivity contribution is -0.148. The standard InChI is InChI=1S/C26H22ClF4NO5S/c1-25(2,24(33)34)13-20-14-32(38(35,36)21-5-3-4-17(11-21)26(29,30)31)22-10-15(6-7-23(22)37-20)16-8-18(27)12-19(28)9-16/h3-12,20H,13-14H2,1-2H3,(H,33,34). The van der Waals surface area contributed by atoms with Crippen molar-refractivity contribution in [3.05, 3.63) is 77.1 Å². The Kier molecular flexibility index (Phi) is 7.13. The molecule has 1 aliphatic heterocycles. The van der Waals surface area contributed by atoms with E-state index in [1.807, 2.05) is 0 Å². The first-order chi connectivity index (χ1) is 17.6. The van der Waals surface area contributed by atoms with Crippen LogP contribution in [0.15, 0.2) is 65.6 Å². The van der Waals surface area contributed by atoms with E-state index in [2.05, 4.69) is 0 Å². The summed E-state index contributed by atoms with van der Waals surface area (Å²) in [5, 5.41) is 9.66. The van der Waals surface area contributed by atoms with Gasteiger partial charge < -0.3 is 9.84 Å². The molecule has 0 radical (unpaired) electrons. The number of rotatable bonds is 6. The summed E-state index contributed by atoms with van der Waals surface area (Å²) < 4.78 is 88.3. The highest BCUT2D eigenvalue weighted by atomic mass is 35.5. The number of carbonyl (C=O) groups is 1. The van der Waals surface area contributed by atoms with Crippen molar-refractivity contribution in [2.75, 3.05) is 10.8 Å². The number of halogens is 5. The van der Waals surface area contributed by atoms with E-state index < -0.39 is 50.0 Å². The van der Waals surface area contributed by atoms with E-state index in [-0.39, 0.29) is 29.4 Å². The SMILES string of the molecule is CC(C)(CC1CN(S(=O)(=O)c2cccc(C(F)(F)F)c2)c2cc(-c3cc(F)cc(Cl)c3)ccc2O1)C(=O)O. The summed E-state index contributed by atoms with van der Waals surface area (Å²) in [6.07, 6.45) is -5.78. The molecule has 1 atom stereocenters. The third-order valence-electron chi connectivity index (χ3n) is 6.15. The Labute approximate surface area is 221 Å². The summed E-state index contributed by atoms with van der Waals surface area (Å²) >= 11 is 5.97. The van der Waals surface area contributed by atoms with Gasteiger partial charge in [0.1, 0.15) is 17.7 Å². The van der Waals surface area contributed by atoms with Gasteiger partial charge in [0.15, 0.2) is 0 Å². The maximum atomic E-state index is 14.0. The molecule has 1 aliphatic rings. The van der Waals surface area contributed by atoms with Crippen molar-refractivity contribution in [3.63, 3.8) is 0 Å². The molecule has 38 heavy (non-hydrogen) atoms. The molecule has 1 unspecified atom stereocenters. The van der Waals surface area contributed by atoms with Gasteiger partial charge in [-0.3, -0.25) is 9.10 Å². The molecular formula is C26H22ClF4NO5S. The predicted molar refractivity (Wildman–Crippen MR) is 133 cm³/mol. The molecular weight excluding hydrogens is 550 g/mol. The van der Waals surface area contributed by atoms with Crippen LogP contribution < -0.4 is 9.04 Å². The molecule has 0 bridgehead atoms. The zero-order valence-corrected chi connectivity index (χ0v) is 21.7. The number of carboxylic acid groups (broad SMARTS) is 1. The van der Waals surface area contributed by atoms with Crippen LogP contribution in [0.1, 0.15) is 25.8 Å². The van der Waals surface area contributed by atoms with Gasteiger partial charge in [0.25, 0.3) is 10.0 Å². The van der Waals surface area contributed by atoms with Gasteiger partial charge in [-0.25, -0.2) is 12.8 Å². The van der Waals surface area contributed by atoms with E-state index in [0.717, 1.165) is 28.6 Å². The number of aliphatic carboxylic acids is 1. The van der Waals surface area contributed by atoms with Crippen LogP contribution in [0.4, 0.5) is 23.2 Å². The van der Waals surface area contributed by atoms with Gasteiger partial charge in [-0.1, -0.05) is 23.7 Å². The average molecular weight is 572 g/mol. The highest BCUT2D eigenvalue weighted by Gasteiger charge is 2.40. The van der Waals surface area contributed by atoms with Crippen molar-refractivity contribution in [2.45, 2.75) is 37.4 Å². The van der Waals surface area contributed by atoms with Crippen LogP contribution in [0.25, 0.3) is 11.1 Å². The second-order valence-electron chi connectivity index (χ2n) is 9.54. The molecule has 0 saturated carbocycles. The molecule has 3 aromatic rings. The summed E-state index contributed by atoms with van der Waals surface area (Å²) in [6, 6.07) is 11.5. The van der Waals surface area contributed by atoms with Crippen LogP contribution in [-0.2, 0) is 21.0 Å². The molecule has 1 heterocycles. The fraction of sp³-hybridized carbons (Fsp3) is 0.269. The summed E-state index contributed by atoms with van der Waals surface area (Å²) in [5.74, 6) is -1.67. The zero-order valence-electron chi connectivity index (χ0n) is 20.1. The van der Waals surface area contributed by atoms with Crippen LogP contribution in [-0.4, -0.2) is 32.1 Å². The average Bonchev–Trinajstić information content (AvgIpc) is 2.82. The Morgan fingerprint density at radius 2 is 1.79 bits per heavy atom. The summed E-state index contributed by atoms with van der Waals surface area (Å²) in [5.41, 5.74) is -1.71. The van der Waals surface area contributed by atoms with Crippen molar-refractivity contribution >= 4 is 33.3 Å². The van der Waals surface area contributed by atoms with Crippen molar-refractivity contribution in [3.8, 4) is 16.9 Å². The Hall–Kier alpha value is -3.31. The number of carboxylic acids is 1. The molecule has 1 N–H and O–H groups in total. The third-order valence-corrected chi connectivity index (χ3v) is 8.15. The number of nitrogens with zero attached hydrogens (tertiary/aromatic N) is 1. The zero-order chi connectivity index (χ0) is 28.0. The molecule has 202 valence electrons. The monoisotopic (exact) mass is 571 g/mol. The largest absolute Gasteiger partial charge is 0.486 e. The number of anilines is 1. The molecule has 6 nitrogen and oxygen atoms in total. The van der Waals surface area contributed by atoms with Gasteiger partial charge in [-0.15, -0.1) is 0 Å². The van der Waals surface area contributed by atoms with E-state index in [4.69, 9.17) is 16.3 Å². The second kappa shape index (κ2) is 9.77. The summed E-state index contributed by atoms with van der Waals surface area (Å²) in [4.78, 5) is 11.1. The van der Waals surface area contributed by atoms with Crippen LogP contribution in [0.5, 0.6) is 5.75 Å². The third kappa shape index (κ3) is 5.58. The number of alkyl halides is 3. The maximum absolute atomic E-state index is 14.0. The molecule has 0 amide bonds. The topological polar surface area (TPSA) is 83.9 Å². The number of hydrogen-bond donors (Lipinski definition) is 1. The number of sulfonamides is 1. The highest BCUT2D eigenvalue weighted by Crippen LogP contribution is 2.42. The fourth-order valence-corrected chi connectivity index (χ4v) is 5.93. The Bertz CT molecular complexity index is 1490. The normalized spacial score (nSPS) is 16.1. The van der Waals surface area contributed by atoms with Crippen LogP contribution >= 0.6 is 11.6 Å². The number of fused-ring (bicyclic) bond motifs is 1. The van der Waals surface area contributed by atoms with Gasteiger partial charge in [0, 0.05) is 11.4 Å². The van der Waals surface area contributed by atoms with Crippen LogP contribution in [0.2, 0.25) is 5.02 Å². The van der Waals surface area contributed by atoms with Crippen LogP contribution in [0, 0.1) is 11.2 Å². The fourth-order valence-electron chi connectivity index (χ4n) is 4.16. The molecule has 0 spiro atoms. The lowest BCUT2D eigenvalue weighted by Crippen LogP contribution is -2.46. The van der Waals surface area contributed by atoms with Gasteiger partial charge >= 0.3 is 12.1 Å². The van der Waals surface area contributed by atoms with Crippen molar-refractivity contribution in [1.82, 2.24) is 0 Å². The van der Waals surface area contributed by atoms with Gasteiger partial charge in [0.05, 0.1) is 28.1 Å². The Morgan fingerprint density at radius 3 is 2.42 bits per heavy atom. The highest BCUT2D eigenvalue weighted by molar-refractivity contribution is 7.92. The smallest absolute Gasteiger partial charge is 0.416 e. The lowest BCUT2D eigenvalue weighted by atomic mass is 9.86. The minimum atomic E-state index is -4.77. The Balaban J connectivity index is 1.85. The van der Waals surface area contributed by atoms with E-state index in [9.17, 15) is 35.9 Å². The van der Waals surface area contributed by atoms with Crippen LogP contribution in [0.3, 0.4) is 0 Å². The number of ether oxygens (including phenoxy) is 1. The molecule has 0 aromatic heterocycles.